The van der Waals surface area contributed by atoms with Gasteiger partial charge in [-0.25, -0.2) is 4.98 Å². The summed E-state index contributed by atoms with van der Waals surface area (Å²) in [7, 11) is 0. The molecule has 0 saturated carbocycles. The van der Waals surface area contributed by atoms with Gasteiger partial charge in [-0.1, -0.05) is 0 Å². The molecule has 0 spiro atoms. The first-order chi connectivity index (χ1) is 5.83. The number of hydrogen-bond acceptors (Lipinski definition) is 5. The fourth-order valence-corrected chi connectivity index (χ4v) is 0.705. The van der Waals surface area contributed by atoms with Gasteiger partial charge in [-0.05, 0) is 0 Å². The Morgan fingerprint density at radius 2 is 2.33 bits per heavy atom. The molecule has 1 aromatic heterocycles. The first-order valence-electron chi connectivity index (χ1n) is 3.44. The van der Waals surface area contributed by atoms with Gasteiger partial charge in [-0.15, -0.1) is 0 Å². The molecule has 0 unspecified atom stereocenters. The molecular weight excluding hydrogens is 158 g/mol. The third kappa shape index (κ3) is 2.53. The van der Waals surface area contributed by atoms with E-state index in [0.29, 0.717) is 25.3 Å². The number of rotatable bonds is 4. The summed E-state index contributed by atoms with van der Waals surface area (Å²) in [4.78, 5) is 17.6. The number of ether oxygens (including phenoxy) is 1. The van der Waals surface area contributed by atoms with Crippen LogP contribution in [-0.4, -0.2) is 23.0 Å². The lowest BCUT2D eigenvalue weighted by molar-refractivity contribution is -0.128. The number of nitrogens with two attached hydrogens (primary N) is 1. The number of nitrogen functional groups attached to an aromatic ring is 1. The van der Waals surface area contributed by atoms with Crippen molar-refractivity contribution in [2.75, 3.05) is 12.3 Å². The van der Waals surface area contributed by atoms with Gasteiger partial charge in [0.1, 0.15) is 5.82 Å². The normalized spacial score (nSPS) is 9.33. The number of hydrogen-bond donors (Lipinski definition) is 1. The Hall–Kier alpha value is -1.65. The lowest BCUT2D eigenvalue weighted by atomic mass is 10.3. The fourth-order valence-electron chi connectivity index (χ4n) is 0.705. The van der Waals surface area contributed by atoms with Crippen molar-refractivity contribution >= 4 is 12.3 Å². The van der Waals surface area contributed by atoms with Crippen molar-refractivity contribution in [2.45, 2.75) is 6.42 Å². The summed E-state index contributed by atoms with van der Waals surface area (Å²) in [6.45, 7) is 0.729. The van der Waals surface area contributed by atoms with E-state index in [0.717, 1.165) is 5.69 Å². The lowest BCUT2D eigenvalue weighted by Crippen LogP contribution is -2.00. The molecule has 1 heterocycles. The van der Waals surface area contributed by atoms with Crippen molar-refractivity contribution in [1.82, 2.24) is 9.97 Å². The Labute approximate surface area is 69.6 Å². The van der Waals surface area contributed by atoms with Crippen LogP contribution in [0.15, 0.2) is 12.4 Å². The molecule has 0 bridgehead atoms. The van der Waals surface area contributed by atoms with Crippen LogP contribution < -0.4 is 5.73 Å². The second kappa shape index (κ2) is 4.27. The van der Waals surface area contributed by atoms with E-state index in [1.807, 2.05) is 0 Å². The van der Waals surface area contributed by atoms with Crippen molar-refractivity contribution in [3.8, 4) is 0 Å². The molecular formula is C7H9N3O2. The van der Waals surface area contributed by atoms with Crippen molar-refractivity contribution in [3.05, 3.63) is 18.1 Å². The molecule has 0 aliphatic heterocycles. The molecule has 1 aromatic rings. The number of nitrogens with zero attached hydrogens (tertiary/aromatic N) is 2. The van der Waals surface area contributed by atoms with E-state index in [2.05, 4.69) is 14.7 Å². The highest BCUT2D eigenvalue weighted by Gasteiger charge is 1.94. The average molecular weight is 167 g/mol. The van der Waals surface area contributed by atoms with Crippen LogP contribution in [0.5, 0.6) is 0 Å². The number of carbonyl (C=O) groups excluding carboxylic acids is 1. The van der Waals surface area contributed by atoms with Crippen LogP contribution in [0.2, 0.25) is 0 Å². The monoisotopic (exact) mass is 167 g/mol. The Balaban J connectivity index is 2.42. The minimum Gasteiger partial charge on any atom is -0.467 e. The van der Waals surface area contributed by atoms with Crippen molar-refractivity contribution in [2.24, 2.45) is 0 Å². The summed E-state index contributed by atoms with van der Waals surface area (Å²) in [6, 6.07) is 0. The van der Waals surface area contributed by atoms with Crippen LogP contribution >= 0.6 is 0 Å². The van der Waals surface area contributed by atoms with Crippen LogP contribution in [0.4, 0.5) is 5.82 Å². The predicted molar refractivity (Wildman–Crippen MR) is 42.2 cm³/mol. The molecule has 1 rings (SSSR count). The van der Waals surface area contributed by atoms with E-state index >= 15 is 0 Å². The van der Waals surface area contributed by atoms with Gasteiger partial charge in [0, 0.05) is 6.42 Å². The molecule has 64 valence electrons. The van der Waals surface area contributed by atoms with E-state index in [-0.39, 0.29) is 0 Å². The lowest BCUT2D eigenvalue weighted by Gasteiger charge is -1.98. The van der Waals surface area contributed by atoms with Gasteiger partial charge in [0.2, 0.25) is 0 Å². The van der Waals surface area contributed by atoms with Crippen LogP contribution in [0, 0.1) is 0 Å². The highest BCUT2D eigenvalue weighted by Crippen LogP contribution is 1.96. The quantitative estimate of drug-likeness (QED) is 0.495. The maximum absolute atomic E-state index is 9.77. The largest absolute Gasteiger partial charge is 0.467 e. The average Bonchev–Trinajstić information content (AvgIpc) is 2.09. The maximum Gasteiger partial charge on any atom is 0.293 e. The van der Waals surface area contributed by atoms with Crippen LogP contribution in [0.1, 0.15) is 5.69 Å². The minimum atomic E-state index is 0.322. The highest BCUT2D eigenvalue weighted by atomic mass is 16.5. The zero-order valence-electron chi connectivity index (χ0n) is 6.43. The summed E-state index contributed by atoms with van der Waals surface area (Å²) in [5.41, 5.74) is 6.08. The van der Waals surface area contributed by atoms with Crippen molar-refractivity contribution in [3.63, 3.8) is 0 Å². The second-order valence-corrected chi connectivity index (χ2v) is 2.15. The van der Waals surface area contributed by atoms with Gasteiger partial charge in [0.05, 0.1) is 24.7 Å². The molecule has 0 aromatic carbocycles. The summed E-state index contributed by atoms with van der Waals surface area (Å²) in [6.07, 6.45) is 3.59. The van der Waals surface area contributed by atoms with Gasteiger partial charge in [0.15, 0.2) is 0 Å². The minimum absolute atomic E-state index is 0.322. The van der Waals surface area contributed by atoms with Gasteiger partial charge in [-0.3, -0.25) is 9.78 Å². The molecule has 0 aliphatic rings. The Bertz CT molecular complexity index is 247. The predicted octanol–water partition coefficient (Wildman–Crippen LogP) is -0.226. The van der Waals surface area contributed by atoms with E-state index in [4.69, 9.17) is 5.73 Å². The zero-order valence-corrected chi connectivity index (χ0v) is 6.43. The molecule has 0 saturated heterocycles. The van der Waals surface area contributed by atoms with Crippen LogP contribution in [-0.2, 0) is 16.0 Å². The first-order valence-corrected chi connectivity index (χ1v) is 3.44. The third-order valence-corrected chi connectivity index (χ3v) is 1.27. The van der Waals surface area contributed by atoms with E-state index in [1.54, 1.807) is 6.20 Å². The molecule has 0 radical (unpaired) electrons. The van der Waals surface area contributed by atoms with Crippen molar-refractivity contribution < 1.29 is 9.53 Å². The third-order valence-electron chi connectivity index (χ3n) is 1.27. The fraction of sp³-hybridized carbons (Fsp3) is 0.286. The first kappa shape index (κ1) is 8.45. The van der Waals surface area contributed by atoms with Crippen LogP contribution in [0.3, 0.4) is 0 Å². The van der Waals surface area contributed by atoms with Crippen molar-refractivity contribution in [1.29, 1.82) is 0 Å². The van der Waals surface area contributed by atoms with E-state index in [1.165, 1.54) is 6.20 Å². The second-order valence-electron chi connectivity index (χ2n) is 2.15. The molecule has 0 aliphatic carbocycles. The maximum atomic E-state index is 9.77. The number of anilines is 1. The Kier molecular flexibility index (Phi) is 3.01. The van der Waals surface area contributed by atoms with E-state index < -0.39 is 0 Å². The Morgan fingerprint density at radius 3 is 2.92 bits per heavy atom. The van der Waals surface area contributed by atoms with Gasteiger partial charge >= 0.3 is 0 Å². The zero-order chi connectivity index (χ0) is 8.81. The summed E-state index contributed by atoms with van der Waals surface area (Å²) in [5.74, 6) is 0.384. The molecule has 0 amide bonds. The SMILES string of the molecule is Nc1cnc(CCOC=O)cn1. The van der Waals surface area contributed by atoms with E-state index in [9.17, 15) is 4.79 Å². The van der Waals surface area contributed by atoms with Gasteiger partial charge < -0.3 is 10.5 Å². The summed E-state index contributed by atoms with van der Waals surface area (Å²) >= 11 is 0. The number of aromatic nitrogens is 2. The van der Waals surface area contributed by atoms with Gasteiger partial charge in [-0.2, -0.15) is 0 Å². The summed E-state index contributed by atoms with van der Waals surface area (Å²) in [5, 5.41) is 0. The molecule has 0 fully saturated rings. The smallest absolute Gasteiger partial charge is 0.293 e. The molecule has 2 N–H and O–H groups in total. The molecule has 12 heavy (non-hydrogen) atoms. The van der Waals surface area contributed by atoms with Gasteiger partial charge in [0.25, 0.3) is 6.47 Å². The standard InChI is InChI=1S/C7H9N3O2/c8-7-4-9-6(3-10-7)1-2-12-5-11/h3-5H,1-2H2,(H2,8,10). The highest BCUT2D eigenvalue weighted by molar-refractivity contribution is 5.36. The number of carbonyl (C=O) groups is 1. The van der Waals surface area contributed by atoms with Crippen LogP contribution in [0.25, 0.3) is 0 Å². The Morgan fingerprint density at radius 1 is 1.50 bits per heavy atom. The molecule has 5 nitrogen and oxygen atoms in total. The topological polar surface area (TPSA) is 78.1 Å². The molecule has 0 atom stereocenters. The molecule has 5 heteroatoms. The summed E-state index contributed by atoms with van der Waals surface area (Å²) < 4.78 is 4.49.